The van der Waals surface area contributed by atoms with Crippen molar-refractivity contribution in [3.63, 3.8) is 0 Å². The molecule has 0 aromatic rings. The van der Waals surface area contributed by atoms with E-state index in [2.05, 4.69) is 58.9 Å². The van der Waals surface area contributed by atoms with Gasteiger partial charge in [0.2, 0.25) is 0 Å². The SMILES string of the molecule is CCCNC(CC(CC)CC)C(C)(CC)N(C)C. The van der Waals surface area contributed by atoms with Crippen molar-refractivity contribution in [3.8, 4) is 0 Å². The number of hydrogen-bond donors (Lipinski definition) is 1. The van der Waals surface area contributed by atoms with Gasteiger partial charge in [-0.15, -0.1) is 0 Å². The summed E-state index contributed by atoms with van der Waals surface area (Å²) in [6.07, 6.45) is 6.31. The fraction of sp³-hybridized carbons (Fsp3) is 1.00. The first-order valence-corrected chi connectivity index (χ1v) is 7.86. The van der Waals surface area contributed by atoms with Crippen molar-refractivity contribution in [2.45, 2.75) is 78.3 Å². The van der Waals surface area contributed by atoms with Gasteiger partial charge in [-0.25, -0.2) is 0 Å². The van der Waals surface area contributed by atoms with Gasteiger partial charge in [0.25, 0.3) is 0 Å². The van der Waals surface area contributed by atoms with Gasteiger partial charge in [0.1, 0.15) is 0 Å². The second-order valence-electron chi connectivity index (χ2n) is 6.03. The highest BCUT2D eigenvalue weighted by molar-refractivity contribution is 4.95. The lowest BCUT2D eigenvalue weighted by molar-refractivity contribution is 0.0971. The molecule has 0 aromatic carbocycles. The van der Waals surface area contributed by atoms with Crippen LogP contribution < -0.4 is 5.32 Å². The zero-order chi connectivity index (χ0) is 14.2. The van der Waals surface area contributed by atoms with Gasteiger partial charge >= 0.3 is 0 Å². The molecule has 2 nitrogen and oxygen atoms in total. The van der Waals surface area contributed by atoms with Gasteiger partial charge in [-0.3, -0.25) is 0 Å². The quantitative estimate of drug-likeness (QED) is 0.637. The van der Waals surface area contributed by atoms with Crippen molar-refractivity contribution in [3.05, 3.63) is 0 Å². The zero-order valence-electron chi connectivity index (χ0n) is 13.8. The highest BCUT2D eigenvalue weighted by atomic mass is 15.2. The third kappa shape index (κ3) is 4.89. The van der Waals surface area contributed by atoms with E-state index >= 15 is 0 Å². The summed E-state index contributed by atoms with van der Waals surface area (Å²) in [5.41, 5.74) is 0.262. The molecule has 0 rings (SSSR count). The van der Waals surface area contributed by atoms with Crippen LogP contribution in [0.2, 0.25) is 0 Å². The number of rotatable bonds is 10. The van der Waals surface area contributed by atoms with Crippen LogP contribution in [0.3, 0.4) is 0 Å². The summed E-state index contributed by atoms with van der Waals surface area (Å²) in [5, 5.41) is 3.80. The molecule has 2 unspecified atom stereocenters. The Bertz CT molecular complexity index is 199. The summed E-state index contributed by atoms with van der Waals surface area (Å²) < 4.78 is 0. The van der Waals surface area contributed by atoms with Crippen molar-refractivity contribution >= 4 is 0 Å². The normalized spacial score (nSPS) is 17.2. The Morgan fingerprint density at radius 1 is 1.06 bits per heavy atom. The predicted molar refractivity (Wildman–Crippen MR) is 83.2 cm³/mol. The van der Waals surface area contributed by atoms with Crippen LogP contribution in [0.25, 0.3) is 0 Å². The smallest absolute Gasteiger partial charge is 0.0325 e. The minimum absolute atomic E-state index is 0.262. The van der Waals surface area contributed by atoms with Crippen LogP contribution >= 0.6 is 0 Å². The Hall–Kier alpha value is -0.0800. The molecular weight excluding hydrogens is 220 g/mol. The molecule has 0 aliphatic carbocycles. The fourth-order valence-corrected chi connectivity index (χ4v) is 2.71. The van der Waals surface area contributed by atoms with Gasteiger partial charge in [0.05, 0.1) is 0 Å². The van der Waals surface area contributed by atoms with Gasteiger partial charge in [-0.2, -0.15) is 0 Å². The lowest BCUT2D eigenvalue weighted by Gasteiger charge is -2.44. The first-order chi connectivity index (χ1) is 8.46. The molecule has 0 spiro atoms. The van der Waals surface area contributed by atoms with Crippen molar-refractivity contribution in [1.29, 1.82) is 0 Å². The zero-order valence-corrected chi connectivity index (χ0v) is 13.8. The summed E-state index contributed by atoms with van der Waals surface area (Å²) in [6, 6.07) is 0.599. The molecule has 0 fully saturated rings. The van der Waals surface area contributed by atoms with E-state index in [4.69, 9.17) is 0 Å². The third-order valence-electron chi connectivity index (χ3n) is 4.85. The molecule has 0 heterocycles. The van der Waals surface area contributed by atoms with Crippen LogP contribution in [-0.4, -0.2) is 37.1 Å². The predicted octanol–water partition coefficient (Wildman–Crippen LogP) is 3.91. The minimum Gasteiger partial charge on any atom is -0.312 e. The van der Waals surface area contributed by atoms with E-state index in [1.165, 1.54) is 32.1 Å². The maximum absolute atomic E-state index is 3.80. The van der Waals surface area contributed by atoms with Crippen LogP contribution in [0.5, 0.6) is 0 Å². The monoisotopic (exact) mass is 256 g/mol. The molecule has 1 N–H and O–H groups in total. The Morgan fingerprint density at radius 2 is 1.61 bits per heavy atom. The van der Waals surface area contributed by atoms with Crippen LogP contribution in [0.4, 0.5) is 0 Å². The molecule has 2 heteroatoms. The lowest BCUT2D eigenvalue weighted by atomic mass is 9.81. The second kappa shape index (κ2) is 8.92. The largest absolute Gasteiger partial charge is 0.312 e. The van der Waals surface area contributed by atoms with Crippen molar-refractivity contribution in [2.75, 3.05) is 20.6 Å². The standard InChI is InChI=1S/C16H36N2/c1-8-12-17-15(13-14(9-2)10-3)16(5,11-4)18(6)7/h14-15,17H,8-13H2,1-7H3. The van der Waals surface area contributed by atoms with Crippen LogP contribution in [-0.2, 0) is 0 Å². The molecule has 0 amide bonds. The topological polar surface area (TPSA) is 15.3 Å². The van der Waals surface area contributed by atoms with Crippen LogP contribution in [0.1, 0.15) is 66.7 Å². The van der Waals surface area contributed by atoms with E-state index in [0.29, 0.717) is 6.04 Å². The van der Waals surface area contributed by atoms with Gasteiger partial charge in [0.15, 0.2) is 0 Å². The van der Waals surface area contributed by atoms with Gasteiger partial charge < -0.3 is 10.2 Å². The molecule has 0 bridgehead atoms. The molecule has 0 saturated heterocycles. The van der Waals surface area contributed by atoms with Crippen molar-refractivity contribution in [1.82, 2.24) is 10.2 Å². The van der Waals surface area contributed by atoms with E-state index in [0.717, 1.165) is 12.5 Å². The second-order valence-corrected chi connectivity index (χ2v) is 6.03. The van der Waals surface area contributed by atoms with Crippen molar-refractivity contribution in [2.24, 2.45) is 5.92 Å². The van der Waals surface area contributed by atoms with E-state index in [1.54, 1.807) is 0 Å². The van der Waals surface area contributed by atoms with Crippen LogP contribution in [0, 0.1) is 5.92 Å². The van der Waals surface area contributed by atoms with E-state index < -0.39 is 0 Å². The van der Waals surface area contributed by atoms with Gasteiger partial charge in [0, 0.05) is 11.6 Å². The first-order valence-electron chi connectivity index (χ1n) is 7.86. The highest BCUT2D eigenvalue weighted by Crippen LogP contribution is 2.27. The average molecular weight is 256 g/mol. The first kappa shape index (κ1) is 17.9. The summed E-state index contributed by atoms with van der Waals surface area (Å²) in [4.78, 5) is 2.41. The Morgan fingerprint density at radius 3 is 1.94 bits per heavy atom. The van der Waals surface area contributed by atoms with Crippen molar-refractivity contribution < 1.29 is 0 Å². The van der Waals surface area contributed by atoms with E-state index in [9.17, 15) is 0 Å². The number of nitrogens with one attached hydrogen (secondary N) is 1. The molecule has 0 saturated carbocycles. The Balaban J connectivity index is 4.83. The highest BCUT2D eigenvalue weighted by Gasteiger charge is 2.35. The Kier molecular flexibility index (Phi) is 8.89. The third-order valence-corrected chi connectivity index (χ3v) is 4.85. The average Bonchev–Trinajstić information content (AvgIpc) is 2.38. The molecule has 0 aliphatic rings. The summed E-state index contributed by atoms with van der Waals surface area (Å²) in [6.45, 7) is 12.7. The molecule has 0 aromatic heterocycles. The summed E-state index contributed by atoms with van der Waals surface area (Å²) in [5.74, 6) is 0.852. The van der Waals surface area contributed by atoms with Crippen LogP contribution in [0.15, 0.2) is 0 Å². The maximum Gasteiger partial charge on any atom is 0.0325 e. The molecule has 2 atom stereocenters. The molecule has 18 heavy (non-hydrogen) atoms. The summed E-state index contributed by atoms with van der Waals surface area (Å²) in [7, 11) is 4.44. The lowest BCUT2D eigenvalue weighted by Crippen LogP contribution is -2.57. The van der Waals surface area contributed by atoms with Gasteiger partial charge in [-0.05, 0) is 52.7 Å². The molecule has 0 aliphatic heterocycles. The Labute approximate surface area is 116 Å². The summed E-state index contributed by atoms with van der Waals surface area (Å²) >= 11 is 0. The maximum atomic E-state index is 3.80. The van der Waals surface area contributed by atoms with Gasteiger partial charge in [-0.1, -0.05) is 40.5 Å². The minimum atomic E-state index is 0.262. The molecular formula is C16H36N2. The fourth-order valence-electron chi connectivity index (χ4n) is 2.71. The van der Waals surface area contributed by atoms with E-state index in [1.807, 2.05) is 0 Å². The number of hydrogen-bond acceptors (Lipinski definition) is 2. The number of nitrogens with zero attached hydrogens (tertiary/aromatic N) is 1. The molecule has 0 radical (unpaired) electrons. The molecule has 110 valence electrons. The van der Waals surface area contributed by atoms with E-state index in [-0.39, 0.29) is 5.54 Å². The number of likely N-dealkylation sites (N-methyl/N-ethyl adjacent to an activating group) is 1.